The lowest BCUT2D eigenvalue weighted by Crippen LogP contribution is -2.33. The number of carboxylic acids is 1. The number of hydrogen-bond donors (Lipinski definition) is 2. The molecule has 0 unspecified atom stereocenters. The predicted molar refractivity (Wildman–Crippen MR) is 46.1 cm³/mol. The lowest BCUT2D eigenvalue weighted by atomic mass is 10.2. The number of nitrogens with one attached hydrogen (secondary N) is 1. The average molecular weight is 187 g/mol. The van der Waals surface area contributed by atoms with Gasteiger partial charge in [-0.1, -0.05) is 6.58 Å². The molecule has 0 rings (SSSR count). The van der Waals surface area contributed by atoms with Crippen molar-refractivity contribution in [3.8, 4) is 0 Å². The van der Waals surface area contributed by atoms with Crippen LogP contribution in [0.4, 0.5) is 4.79 Å². The second-order valence-corrected chi connectivity index (χ2v) is 3.41. The van der Waals surface area contributed by atoms with Crippen LogP contribution in [0.25, 0.3) is 0 Å². The molecule has 74 valence electrons. The Labute approximate surface area is 76.4 Å². The summed E-state index contributed by atoms with van der Waals surface area (Å²) < 4.78 is 4.78. The molecule has 0 spiro atoms. The Morgan fingerprint density at radius 3 is 2.15 bits per heavy atom. The minimum Gasteiger partial charge on any atom is -0.477 e. The highest BCUT2D eigenvalue weighted by molar-refractivity contribution is 5.90. The zero-order valence-electron chi connectivity index (χ0n) is 7.88. The third-order valence-corrected chi connectivity index (χ3v) is 0.910. The third kappa shape index (κ3) is 5.72. The zero-order valence-corrected chi connectivity index (χ0v) is 7.88. The molecular formula is C8H13NO4. The first-order chi connectivity index (χ1) is 5.72. The first-order valence-electron chi connectivity index (χ1n) is 3.64. The van der Waals surface area contributed by atoms with Crippen LogP contribution in [0.5, 0.6) is 0 Å². The van der Waals surface area contributed by atoms with Crippen molar-refractivity contribution in [1.82, 2.24) is 5.32 Å². The van der Waals surface area contributed by atoms with E-state index in [-0.39, 0.29) is 0 Å². The molecular weight excluding hydrogens is 174 g/mol. The number of amides is 1. The number of hydrogen-bond acceptors (Lipinski definition) is 3. The molecule has 0 aromatic rings. The fourth-order valence-corrected chi connectivity index (χ4v) is 0.480. The molecule has 5 heteroatoms. The third-order valence-electron chi connectivity index (χ3n) is 0.910. The maximum absolute atomic E-state index is 10.9. The highest BCUT2D eigenvalue weighted by Crippen LogP contribution is 2.06. The van der Waals surface area contributed by atoms with Crippen molar-refractivity contribution in [2.24, 2.45) is 0 Å². The van der Waals surface area contributed by atoms with Crippen molar-refractivity contribution in [2.45, 2.75) is 26.4 Å². The predicted octanol–water partition coefficient (Wildman–Crippen LogP) is 1.11. The lowest BCUT2D eigenvalue weighted by Gasteiger charge is -2.19. The van der Waals surface area contributed by atoms with Gasteiger partial charge < -0.3 is 9.84 Å². The van der Waals surface area contributed by atoms with Gasteiger partial charge in [0.2, 0.25) is 0 Å². The Morgan fingerprint density at radius 1 is 1.38 bits per heavy atom. The minimum absolute atomic E-state index is 0.408. The molecule has 0 radical (unpaired) electrons. The smallest absolute Gasteiger partial charge is 0.412 e. The maximum Gasteiger partial charge on any atom is 0.412 e. The zero-order chi connectivity index (χ0) is 10.6. The van der Waals surface area contributed by atoms with E-state index >= 15 is 0 Å². The standard InChI is InChI=1S/C8H13NO4/c1-5(6(10)11)9-7(12)13-8(2,3)4/h1H2,2-4H3,(H,9,12)(H,10,11). The molecule has 0 bridgehead atoms. The van der Waals surface area contributed by atoms with Gasteiger partial charge in [0, 0.05) is 0 Å². The molecule has 0 saturated carbocycles. The van der Waals surface area contributed by atoms with Gasteiger partial charge >= 0.3 is 12.1 Å². The summed E-state index contributed by atoms with van der Waals surface area (Å²) in [5.41, 5.74) is -1.06. The van der Waals surface area contributed by atoms with E-state index in [4.69, 9.17) is 9.84 Å². The van der Waals surface area contributed by atoms with Crippen LogP contribution in [0.3, 0.4) is 0 Å². The number of alkyl carbamates (subject to hydrolysis) is 1. The fourth-order valence-electron chi connectivity index (χ4n) is 0.480. The van der Waals surface area contributed by atoms with Crippen molar-refractivity contribution in [3.05, 3.63) is 12.3 Å². The van der Waals surface area contributed by atoms with Crippen LogP contribution in [-0.2, 0) is 9.53 Å². The van der Waals surface area contributed by atoms with Gasteiger partial charge in [-0.3, -0.25) is 5.32 Å². The Hall–Kier alpha value is -1.52. The SMILES string of the molecule is C=C(NC(=O)OC(C)(C)C)C(=O)O. The molecule has 5 nitrogen and oxygen atoms in total. The second-order valence-electron chi connectivity index (χ2n) is 3.41. The summed E-state index contributed by atoms with van der Waals surface area (Å²) >= 11 is 0. The monoisotopic (exact) mass is 187 g/mol. The maximum atomic E-state index is 10.9. The molecule has 0 aliphatic rings. The summed E-state index contributed by atoms with van der Waals surface area (Å²) in [6.45, 7) is 8.14. The van der Waals surface area contributed by atoms with Gasteiger partial charge in [-0.05, 0) is 20.8 Å². The Balaban J connectivity index is 4.04. The topological polar surface area (TPSA) is 75.6 Å². The highest BCUT2D eigenvalue weighted by Gasteiger charge is 2.17. The molecule has 0 aromatic carbocycles. The van der Waals surface area contributed by atoms with E-state index in [2.05, 4.69) is 6.58 Å². The molecule has 0 aliphatic heterocycles. The van der Waals surface area contributed by atoms with Crippen LogP contribution in [0.2, 0.25) is 0 Å². The Kier molecular flexibility index (Phi) is 3.47. The largest absolute Gasteiger partial charge is 0.477 e. The van der Waals surface area contributed by atoms with Crippen molar-refractivity contribution < 1.29 is 19.4 Å². The summed E-state index contributed by atoms with van der Waals surface area (Å²) in [7, 11) is 0. The molecule has 0 heterocycles. The normalized spacial score (nSPS) is 10.4. The van der Waals surface area contributed by atoms with Crippen LogP contribution in [0.15, 0.2) is 12.3 Å². The van der Waals surface area contributed by atoms with Gasteiger partial charge in [0.05, 0.1) is 0 Å². The molecule has 0 fully saturated rings. The van der Waals surface area contributed by atoms with Crippen LogP contribution in [0, 0.1) is 0 Å². The molecule has 1 amide bonds. The van der Waals surface area contributed by atoms with E-state index in [1.54, 1.807) is 20.8 Å². The fraction of sp³-hybridized carbons (Fsp3) is 0.500. The van der Waals surface area contributed by atoms with Crippen LogP contribution in [0.1, 0.15) is 20.8 Å². The molecule has 2 N–H and O–H groups in total. The van der Waals surface area contributed by atoms with Crippen molar-refractivity contribution in [3.63, 3.8) is 0 Å². The Bertz CT molecular complexity index is 239. The Morgan fingerprint density at radius 2 is 1.85 bits per heavy atom. The number of carbonyl (C=O) groups is 2. The first kappa shape index (κ1) is 11.5. The van der Waals surface area contributed by atoms with E-state index in [0.717, 1.165) is 0 Å². The van der Waals surface area contributed by atoms with Crippen LogP contribution >= 0.6 is 0 Å². The number of aliphatic carboxylic acids is 1. The summed E-state index contributed by atoms with van der Waals surface area (Å²) in [6.07, 6.45) is -0.820. The van der Waals surface area contributed by atoms with Crippen molar-refractivity contribution in [2.75, 3.05) is 0 Å². The number of ether oxygens (including phenoxy) is 1. The van der Waals surface area contributed by atoms with E-state index in [0.29, 0.717) is 0 Å². The highest BCUT2D eigenvalue weighted by atomic mass is 16.6. The summed E-state index contributed by atoms with van der Waals surface area (Å²) in [4.78, 5) is 21.1. The van der Waals surface area contributed by atoms with E-state index in [9.17, 15) is 9.59 Å². The van der Waals surface area contributed by atoms with E-state index in [1.165, 1.54) is 0 Å². The van der Waals surface area contributed by atoms with Crippen LogP contribution in [-0.4, -0.2) is 22.8 Å². The van der Waals surface area contributed by atoms with Gasteiger partial charge in [0.25, 0.3) is 0 Å². The van der Waals surface area contributed by atoms with Crippen LogP contribution < -0.4 is 5.32 Å². The van der Waals surface area contributed by atoms with Gasteiger partial charge in [-0.2, -0.15) is 0 Å². The van der Waals surface area contributed by atoms with Gasteiger partial charge in [0.15, 0.2) is 0 Å². The molecule has 0 aromatic heterocycles. The quantitative estimate of drug-likeness (QED) is 0.635. The van der Waals surface area contributed by atoms with Crippen molar-refractivity contribution in [1.29, 1.82) is 0 Å². The lowest BCUT2D eigenvalue weighted by molar-refractivity contribution is -0.133. The second kappa shape index (κ2) is 3.93. The van der Waals surface area contributed by atoms with Gasteiger partial charge in [0.1, 0.15) is 11.3 Å². The molecule has 0 aliphatic carbocycles. The van der Waals surface area contributed by atoms with Crippen molar-refractivity contribution >= 4 is 12.1 Å². The van der Waals surface area contributed by atoms with Gasteiger partial charge in [-0.25, -0.2) is 9.59 Å². The first-order valence-corrected chi connectivity index (χ1v) is 3.64. The average Bonchev–Trinajstić information content (AvgIpc) is 1.81. The molecule has 13 heavy (non-hydrogen) atoms. The summed E-state index contributed by atoms with van der Waals surface area (Å²) in [5, 5.41) is 10.3. The number of carboxylic acid groups (broad SMARTS) is 1. The van der Waals surface area contributed by atoms with E-state index in [1.807, 2.05) is 5.32 Å². The number of rotatable bonds is 2. The minimum atomic E-state index is -1.29. The summed E-state index contributed by atoms with van der Waals surface area (Å²) in [5.74, 6) is -1.29. The summed E-state index contributed by atoms with van der Waals surface area (Å²) in [6, 6.07) is 0. The van der Waals surface area contributed by atoms with E-state index < -0.39 is 23.4 Å². The molecule has 0 saturated heterocycles. The van der Waals surface area contributed by atoms with Gasteiger partial charge in [-0.15, -0.1) is 0 Å². The molecule has 0 atom stereocenters. The number of carbonyl (C=O) groups excluding carboxylic acids is 1.